The standard InChI is InChI=1S/C20H34N3O3/c1-16(2)22-20(17(3)24)15-18-7-9-19(10-8-18)25-13-11-21-26-14-12-23(4,5)6/h7-11,16,20,22H,12-15H2,1-6H3/q+1/b21-11-/t20-/m0/s1. The second kappa shape index (κ2) is 10.9. The Labute approximate surface area is 157 Å². The first-order chi connectivity index (χ1) is 12.2. The van der Waals surface area contributed by atoms with Crippen LogP contribution in [-0.4, -0.2) is 69.5 Å². The molecule has 6 nitrogen and oxygen atoms in total. The first kappa shape index (κ1) is 22.1. The van der Waals surface area contributed by atoms with E-state index in [-0.39, 0.29) is 17.9 Å². The summed E-state index contributed by atoms with van der Waals surface area (Å²) in [4.78, 5) is 16.9. The maximum atomic E-state index is 11.7. The van der Waals surface area contributed by atoms with Gasteiger partial charge in [-0.05, 0) is 31.0 Å². The average molecular weight is 365 g/mol. The number of nitrogens with zero attached hydrogens (tertiary/aromatic N) is 2. The van der Waals surface area contributed by atoms with Crippen molar-refractivity contribution in [1.82, 2.24) is 5.32 Å². The molecule has 1 atom stereocenters. The number of rotatable bonds is 12. The van der Waals surface area contributed by atoms with E-state index in [0.717, 1.165) is 22.3 Å². The number of oxime groups is 1. The molecule has 0 bridgehead atoms. The molecule has 0 fully saturated rings. The average Bonchev–Trinajstić information content (AvgIpc) is 2.53. The second-order valence-corrected chi connectivity index (χ2v) is 7.78. The number of Topliss-reactive ketones (excluding diaryl/α,β-unsaturated/α-hetero) is 1. The number of ether oxygens (including phenoxy) is 1. The molecule has 0 aromatic heterocycles. The molecule has 146 valence electrons. The van der Waals surface area contributed by atoms with Gasteiger partial charge in [0, 0.05) is 6.04 Å². The Morgan fingerprint density at radius 1 is 1.23 bits per heavy atom. The summed E-state index contributed by atoms with van der Waals surface area (Å²) in [6.07, 6.45) is 2.29. The van der Waals surface area contributed by atoms with E-state index in [9.17, 15) is 4.79 Å². The van der Waals surface area contributed by atoms with E-state index in [0.29, 0.717) is 19.6 Å². The molecule has 0 saturated heterocycles. The van der Waals surface area contributed by atoms with Gasteiger partial charge in [-0.2, -0.15) is 0 Å². The van der Waals surface area contributed by atoms with Gasteiger partial charge in [0.25, 0.3) is 0 Å². The number of carbonyl (C=O) groups excluding carboxylic acids is 1. The van der Waals surface area contributed by atoms with Crippen LogP contribution in [0.4, 0.5) is 0 Å². The van der Waals surface area contributed by atoms with Crippen LogP contribution in [0.2, 0.25) is 0 Å². The predicted octanol–water partition coefficient (Wildman–Crippen LogP) is 2.27. The molecular formula is C20H34N3O3+. The van der Waals surface area contributed by atoms with Crippen LogP contribution in [0, 0.1) is 0 Å². The molecule has 26 heavy (non-hydrogen) atoms. The number of ketones is 1. The number of hydrogen-bond donors (Lipinski definition) is 1. The monoisotopic (exact) mass is 364 g/mol. The van der Waals surface area contributed by atoms with Gasteiger partial charge in [-0.3, -0.25) is 4.79 Å². The van der Waals surface area contributed by atoms with Crippen LogP contribution in [0.25, 0.3) is 0 Å². The maximum Gasteiger partial charge on any atom is 0.165 e. The van der Waals surface area contributed by atoms with E-state index in [1.54, 1.807) is 13.1 Å². The van der Waals surface area contributed by atoms with Gasteiger partial charge >= 0.3 is 0 Å². The van der Waals surface area contributed by atoms with Crippen molar-refractivity contribution in [3.05, 3.63) is 29.8 Å². The van der Waals surface area contributed by atoms with Gasteiger partial charge in [-0.25, -0.2) is 0 Å². The van der Waals surface area contributed by atoms with E-state index in [1.807, 2.05) is 38.1 Å². The van der Waals surface area contributed by atoms with Crippen LogP contribution >= 0.6 is 0 Å². The lowest BCUT2D eigenvalue weighted by Gasteiger charge is -2.22. The highest BCUT2D eigenvalue weighted by Gasteiger charge is 2.15. The Hall–Kier alpha value is -1.92. The molecule has 6 heteroatoms. The third-order valence-electron chi connectivity index (χ3n) is 3.72. The van der Waals surface area contributed by atoms with Gasteiger partial charge in [-0.1, -0.05) is 31.1 Å². The number of benzene rings is 1. The van der Waals surface area contributed by atoms with E-state index >= 15 is 0 Å². The number of hydrogen-bond acceptors (Lipinski definition) is 5. The summed E-state index contributed by atoms with van der Waals surface area (Å²) < 4.78 is 6.45. The van der Waals surface area contributed by atoms with E-state index in [2.05, 4.69) is 31.6 Å². The summed E-state index contributed by atoms with van der Waals surface area (Å²) in [6.45, 7) is 7.54. The molecular weight excluding hydrogens is 330 g/mol. The molecule has 0 unspecified atom stereocenters. The molecule has 1 aromatic rings. The largest absolute Gasteiger partial charge is 0.488 e. The Kier molecular flexibility index (Phi) is 9.30. The van der Waals surface area contributed by atoms with Gasteiger partial charge in [0.15, 0.2) is 6.61 Å². The summed E-state index contributed by atoms with van der Waals surface area (Å²) in [5.74, 6) is 0.920. The molecule has 0 heterocycles. The van der Waals surface area contributed by atoms with Crippen molar-refractivity contribution in [3.63, 3.8) is 0 Å². The summed E-state index contributed by atoms with van der Waals surface area (Å²) in [6, 6.07) is 7.92. The van der Waals surface area contributed by atoms with Crippen LogP contribution < -0.4 is 10.1 Å². The second-order valence-electron chi connectivity index (χ2n) is 7.78. The number of quaternary nitrogens is 1. The summed E-state index contributed by atoms with van der Waals surface area (Å²) in [7, 11) is 6.33. The lowest BCUT2D eigenvalue weighted by Crippen LogP contribution is -2.41. The molecule has 0 aliphatic carbocycles. The molecule has 0 saturated carbocycles. The van der Waals surface area contributed by atoms with Gasteiger partial charge in [0.05, 0.1) is 33.4 Å². The van der Waals surface area contributed by atoms with E-state index in [1.165, 1.54) is 0 Å². The van der Waals surface area contributed by atoms with Gasteiger partial charge < -0.3 is 19.4 Å². The molecule has 0 aliphatic rings. The number of nitrogens with one attached hydrogen (secondary N) is 1. The zero-order valence-corrected chi connectivity index (χ0v) is 17.0. The Morgan fingerprint density at radius 2 is 1.88 bits per heavy atom. The van der Waals surface area contributed by atoms with Crippen LogP contribution in [0.1, 0.15) is 26.3 Å². The molecule has 0 aliphatic heterocycles. The van der Waals surface area contributed by atoms with E-state index < -0.39 is 0 Å². The highest BCUT2D eigenvalue weighted by molar-refractivity contribution is 5.81. The molecule has 0 spiro atoms. The molecule has 1 N–H and O–H groups in total. The third kappa shape index (κ3) is 10.2. The SMILES string of the molecule is CC(=O)[C@H](Cc1ccc(OC/C=N\OCC[N+](C)(C)C)cc1)NC(C)C. The molecule has 1 aromatic carbocycles. The highest BCUT2D eigenvalue weighted by Crippen LogP contribution is 2.13. The van der Waals surface area contributed by atoms with Crippen LogP contribution in [0.5, 0.6) is 5.75 Å². The highest BCUT2D eigenvalue weighted by atomic mass is 16.6. The van der Waals surface area contributed by atoms with Crippen LogP contribution in [-0.2, 0) is 16.1 Å². The summed E-state index contributed by atoms with van der Waals surface area (Å²) in [5, 5.41) is 7.18. The van der Waals surface area contributed by atoms with Crippen molar-refractivity contribution in [2.75, 3.05) is 40.9 Å². The van der Waals surface area contributed by atoms with Crippen molar-refractivity contribution in [3.8, 4) is 5.75 Å². The minimum absolute atomic E-state index is 0.153. The van der Waals surface area contributed by atoms with Crippen molar-refractivity contribution in [2.24, 2.45) is 5.16 Å². The zero-order chi connectivity index (χ0) is 19.6. The van der Waals surface area contributed by atoms with Crippen molar-refractivity contribution in [2.45, 2.75) is 39.3 Å². The smallest absolute Gasteiger partial charge is 0.165 e. The first-order valence-electron chi connectivity index (χ1n) is 9.10. The summed E-state index contributed by atoms with van der Waals surface area (Å²) in [5.41, 5.74) is 1.10. The number of carbonyl (C=O) groups is 1. The lowest BCUT2D eigenvalue weighted by molar-refractivity contribution is -0.870. The fourth-order valence-electron chi connectivity index (χ4n) is 2.26. The summed E-state index contributed by atoms with van der Waals surface area (Å²) >= 11 is 0. The van der Waals surface area contributed by atoms with Gasteiger partial charge in [-0.15, -0.1) is 0 Å². The minimum atomic E-state index is -0.155. The first-order valence-corrected chi connectivity index (χ1v) is 9.10. The normalized spacial score (nSPS) is 13.2. The minimum Gasteiger partial charge on any atom is -0.488 e. The van der Waals surface area contributed by atoms with Crippen molar-refractivity contribution >= 4 is 12.0 Å². The Balaban J connectivity index is 2.37. The quantitative estimate of drug-likeness (QED) is 0.268. The van der Waals surface area contributed by atoms with Crippen LogP contribution in [0.15, 0.2) is 29.4 Å². The van der Waals surface area contributed by atoms with Gasteiger partial charge in [0.2, 0.25) is 0 Å². The Bertz CT molecular complexity index is 563. The zero-order valence-electron chi connectivity index (χ0n) is 17.0. The maximum absolute atomic E-state index is 11.7. The number of likely N-dealkylation sites (N-methyl/N-ethyl adjacent to an activating group) is 1. The third-order valence-corrected chi connectivity index (χ3v) is 3.72. The van der Waals surface area contributed by atoms with Gasteiger partial charge in [0.1, 0.15) is 24.7 Å². The Morgan fingerprint density at radius 3 is 2.42 bits per heavy atom. The van der Waals surface area contributed by atoms with E-state index in [4.69, 9.17) is 9.57 Å². The van der Waals surface area contributed by atoms with Crippen LogP contribution in [0.3, 0.4) is 0 Å². The fourth-order valence-corrected chi connectivity index (χ4v) is 2.26. The topological polar surface area (TPSA) is 59.9 Å². The molecule has 0 radical (unpaired) electrons. The van der Waals surface area contributed by atoms with Crippen molar-refractivity contribution in [1.29, 1.82) is 0 Å². The fraction of sp³-hybridized carbons (Fsp3) is 0.600. The molecule has 0 amide bonds. The predicted molar refractivity (Wildman–Crippen MR) is 106 cm³/mol. The lowest BCUT2D eigenvalue weighted by atomic mass is 10.0. The van der Waals surface area contributed by atoms with Crippen molar-refractivity contribution < 1.29 is 18.9 Å². The molecule has 1 rings (SSSR count).